The Labute approximate surface area is 161 Å². The van der Waals surface area contributed by atoms with E-state index in [0.717, 1.165) is 5.69 Å². The lowest BCUT2D eigenvalue weighted by atomic mass is 10.2. The number of sulfone groups is 1. The average molecular weight is 412 g/mol. The van der Waals surface area contributed by atoms with E-state index in [0.29, 0.717) is 10.9 Å². The molecule has 8 nitrogen and oxygen atoms in total. The number of fused-ring (bicyclic) bond motifs is 1. The first-order valence-electron chi connectivity index (χ1n) is 8.43. The Balaban J connectivity index is 1.84. The first kappa shape index (κ1) is 19.7. The minimum Gasteiger partial charge on any atom is -0.497 e. The minimum absolute atomic E-state index is 0.0168. The number of carboxylic acids is 1. The van der Waals surface area contributed by atoms with E-state index in [-0.39, 0.29) is 42.1 Å². The quantitative estimate of drug-likeness (QED) is 0.749. The van der Waals surface area contributed by atoms with Gasteiger partial charge < -0.3 is 14.7 Å². The van der Waals surface area contributed by atoms with Crippen molar-refractivity contribution >= 4 is 44.3 Å². The number of thioether (sulfide) groups is 1. The molecule has 0 aromatic heterocycles. The predicted molar refractivity (Wildman–Crippen MR) is 103 cm³/mol. The highest BCUT2D eigenvalue weighted by molar-refractivity contribution is 8.16. The minimum atomic E-state index is -3.13. The van der Waals surface area contributed by atoms with E-state index in [1.807, 2.05) is 0 Å². The first-order chi connectivity index (χ1) is 12.8. The molecule has 0 bridgehead atoms. The number of methoxy groups -OCH3 is 1. The molecular weight excluding hydrogens is 392 g/mol. The second kappa shape index (κ2) is 7.89. The Bertz CT molecular complexity index is 866. The second-order valence-corrected chi connectivity index (χ2v) is 9.76. The molecule has 0 aliphatic carbocycles. The summed E-state index contributed by atoms with van der Waals surface area (Å²) in [5.74, 6) is -0.612. The summed E-state index contributed by atoms with van der Waals surface area (Å²) in [6, 6.07) is 6.86. The van der Waals surface area contributed by atoms with Crippen LogP contribution in [0.4, 0.5) is 5.69 Å². The van der Waals surface area contributed by atoms with Crippen LogP contribution >= 0.6 is 11.8 Å². The summed E-state index contributed by atoms with van der Waals surface area (Å²) in [5, 5.41) is 8.96. The molecule has 0 radical (unpaired) electrons. The van der Waals surface area contributed by atoms with Crippen LogP contribution in [0.3, 0.4) is 0 Å². The first-order valence-corrected chi connectivity index (χ1v) is 11.1. The summed E-state index contributed by atoms with van der Waals surface area (Å²) in [6.45, 7) is 0. The third-order valence-electron chi connectivity index (χ3n) is 4.42. The van der Waals surface area contributed by atoms with Crippen LogP contribution in [0.15, 0.2) is 29.3 Å². The van der Waals surface area contributed by atoms with Crippen LogP contribution in [-0.4, -0.2) is 60.5 Å². The molecular formula is C17H20N2O6S2. The highest BCUT2D eigenvalue weighted by Gasteiger charge is 2.49. The van der Waals surface area contributed by atoms with Crippen molar-refractivity contribution in [1.82, 2.24) is 0 Å². The van der Waals surface area contributed by atoms with Gasteiger partial charge in [0.1, 0.15) is 5.75 Å². The van der Waals surface area contributed by atoms with Gasteiger partial charge >= 0.3 is 5.97 Å². The molecule has 0 saturated carbocycles. The lowest BCUT2D eigenvalue weighted by Gasteiger charge is -2.24. The zero-order chi connectivity index (χ0) is 19.6. The molecule has 2 saturated heterocycles. The smallest absolute Gasteiger partial charge is 0.303 e. The molecule has 2 aliphatic rings. The molecule has 2 atom stereocenters. The van der Waals surface area contributed by atoms with E-state index in [1.165, 1.54) is 11.8 Å². The fourth-order valence-corrected chi connectivity index (χ4v) is 7.09. The Morgan fingerprint density at radius 1 is 1.26 bits per heavy atom. The van der Waals surface area contributed by atoms with Crippen molar-refractivity contribution in [3.63, 3.8) is 0 Å². The Kier molecular flexibility index (Phi) is 5.75. The summed E-state index contributed by atoms with van der Waals surface area (Å²) in [4.78, 5) is 28.7. The van der Waals surface area contributed by atoms with E-state index in [1.54, 1.807) is 36.3 Å². The number of amidine groups is 1. The van der Waals surface area contributed by atoms with Crippen LogP contribution in [0.5, 0.6) is 5.75 Å². The average Bonchev–Trinajstić information content (AvgIpc) is 3.05. The number of anilines is 1. The standard InChI is InChI=1S/C17H20N2O6S2/c1-25-12-7-5-11(6-8-12)19-13-9-27(23,24)10-14(13)26-17(19)18-15(20)3-2-4-16(21)22/h5-8,13-14H,2-4,9-10H2,1H3,(H,21,22)/t13-,14-/m0/s1. The molecule has 2 aliphatic heterocycles. The van der Waals surface area contributed by atoms with Crippen molar-refractivity contribution in [1.29, 1.82) is 0 Å². The van der Waals surface area contributed by atoms with Gasteiger partial charge in [-0.05, 0) is 30.7 Å². The summed E-state index contributed by atoms with van der Waals surface area (Å²) >= 11 is 1.29. The number of carbonyl (C=O) groups is 2. The Morgan fingerprint density at radius 3 is 2.59 bits per heavy atom. The van der Waals surface area contributed by atoms with Gasteiger partial charge in [-0.2, -0.15) is 4.99 Å². The number of ether oxygens (including phenoxy) is 1. The van der Waals surface area contributed by atoms with E-state index < -0.39 is 21.7 Å². The molecule has 0 unspecified atom stereocenters. The van der Waals surface area contributed by atoms with Crippen molar-refractivity contribution in [2.24, 2.45) is 4.99 Å². The summed E-state index contributed by atoms with van der Waals surface area (Å²) in [7, 11) is -1.57. The maximum absolute atomic E-state index is 12.1. The highest BCUT2D eigenvalue weighted by atomic mass is 32.2. The van der Waals surface area contributed by atoms with Crippen LogP contribution in [0.2, 0.25) is 0 Å². The third kappa shape index (κ3) is 4.62. The highest BCUT2D eigenvalue weighted by Crippen LogP contribution is 2.41. The van der Waals surface area contributed by atoms with Crippen molar-refractivity contribution in [2.45, 2.75) is 30.6 Å². The fraction of sp³-hybridized carbons (Fsp3) is 0.471. The van der Waals surface area contributed by atoms with Crippen molar-refractivity contribution in [3.8, 4) is 5.75 Å². The van der Waals surface area contributed by atoms with Gasteiger partial charge in [0.05, 0.1) is 24.7 Å². The van der Waals surface area contributed by atoms with Gasteiger partial charge in [0.25, 0.3) is 0 Å². The number of rotatable bonds is 6. The van der Waals surface area contributed by atoms with Crippen LogP contribution in [-0.2, 0) is 19.4 Å². The maximum atomic E-state index is 12.1. The van der Waals surface area contributed by atoms with Crippen LogP contribution in [0.1, 0.15) is 19.3 Å². The largest absolute Gasteiger partial charge is 0.497 e. The molecule has 2 fully saturated rings. The molecule has 1 amide bonds. The van der Waals surface area contributed by atoms with Crippen molar-refractivity contribution < 1.29 is 27.9 Å². The van der Waals surface area contributed by atoms with E-state index in [9.17, 15) is 18.0 Å². The van der Waals surface area contributed by atoms with Gasteiger partial charge in [0.2, 0.25) is 5.91 Å². The van der Waals surface area contributed by atoms with Gasteiger partial charge in [0.15, 0.2) is 15.0 Å². The molecule has 3 rings (SSSR count). The van der Waals surface area contributed by atoms with Gasteiger partial charge in [0, 0.05) is 23.8 Å². The number of hydrogen-bond acceptors (Lipinski definition) is 6. The maximum Gasteiger partial charge on any atom is 0.303 e. The lowest BCUT2D eigenvalue weighted by molar-refractivity contribution is -0.137. The van der Waals surface area contributed by atoms with E-state index >= 15 is 0 Å². The van der Waals surface area contributed by atoms with E-state index in [4.69, 9.17) is 9.84 Å². The number of benzene rings is 1. The topological polar surface area (TPSA) is 113 Å². The molecule has 1 aromatic rings. The number of aliphatic imine (C=N–C) groups is 1. The van der Waals surface area contributed by atoms with Crippen molar-refractivity contribution in [3.05, 3.63) is 24.3 Å². The number of aliphatic carboxylic acids is 1. The lowest BCUT2D eigenvalue weighted by Crippen LogP contribution is -2.37. The normalized spacial score (nSPS) is 24.8. The number of hydrogen-bond donors (Lipinski definition) is 1. The van der Waals surface area contributed by atoms with E-state index in [2.05, 4.69) is 4.99 Å². The van der Waals surface area contributed by atoms with Gasteiger partial charge in [-0.15, -0.1) is 0 Å². The second-order valence-electron chi connectivity index (χ2n) is 6.40. The molecule has 1 N–H and O–H groups in total. The van der Waals surface area contributed by atoms with Crippen LogP contribution in [0, 0.1) is 0 Å². The number of nitrogens with zero attached hydrogens (tertiary/aromatic N) is 2. The predicted octanol–water partition coefficient (Wildman–Crippen LogP) is 1.55. The monoisotopic (exact) mass is 412 g/mol. The molecule has 1 aromatic carbocycles. The van der Waals surface area contributed by atoms with Gasteiger partial charge in [-0.25, -0.2) is 8.42 Å². The Morgan fingerprint density at radius 2 is 1.96 bits per heavy atom. The summed E-state index contributed by atoms with van der Waals surface area (Å²) in [6.07, 6.45) is 0.176. The SMILES string of the molecule is COc1ccc(N2C(=NC(=O)CCCC(=O)O)S[C@H]3CS(=O)(=O)C[C@@H]32)cc1. The summed E-state index contributed by atoms with van der Waals surface area (Å²) in [5.41, 5.74) is 0.741. The third-order valence-corrected chi connectivity index (χ3v) is 7.63. The van der Waals surface area contributed by atoms with Crippen LogP contribution < -0.4 is 9.64 Å². The fourth-order valence-electron chi connectivity index (χ4n) is 3.16. The molecule has 146 valence electrons. The van der Waals surface area contributed by atoms with Gasteiger partial charge in [-0.3, -0.25) is 9.59 Å². The molecule has 0 spiro atoms. The Hall–Kier alpha value is -2.07. The number of carbonyl (C=O) groups excluding carboxylic acids is 1. The zero-order valence-electron chi connectivity index (χ0n) is 14.7. The number of amides is 1. The van der Waals surface area contributed by atoms with Gasteiger partial charge in [-0.1, -0.05) is 11.8 Å². The molecule has 27 heavy (non-hydrogen) atoms. The molecule has 2 heterocycles. The molecule has 10 heteroatoms. The number of carboxylic acid groups (broad SMARTS) is 1. The van der Waals surface area contributed by atoms with Crippen molar-refractivity contribution in [2.75, 3.05) is 23.5 Å². The summed E-state index contributed by atoms with van der Waals surface area (Å²) < 4.78 is 29.2. The van der Waals surface area contributed by atoms with Crippen LogP contribution in [0.25, 0.3) is 0 Å². The zero-order valence-corrected chi connectivity index (χ0v) is 16.3.